The van der Waals surface area contributed by atoms with Crippen LogP contribution in [0.3, 0.4) is 0 Å². The van der Waals surface area contributed by atoms with Crippen molar-refractivity contribution in [1.82, 2.24) is 5.32 Å². The molecule has 198 valence electrons. The van der Waals surface area contributed by atoms with Gasteiger partial charge in [0.1, 0.15) is 0 Å². The van der Waals surface area contributed by atoms with Crippen molar-refractivity contribution in [3.8, 4) is 0 Å². The molecule has 0 aromatic heterocycles. The lowest BCUT2D eigenvalue weighted by Gasteiger charge is -2.33. The highest BCUT2D eigenvalue weighted by Gasteiger charge is 2.23. The number of urea groups is 1. The number of esters is 1. The molecule has 0 radical (unpaired) electrons. The Morgan fingerprint density at radius 3 is 2.38 bits per heavy atom. The maximum atomic E-state index is 13.2. The molecule has 0 saturated carbocycles. The quantitative estimate of drug-likeness (QED) is 0.448. The molecule has 2 aliphatic heterocycles. The lowest BCUT2D eigenvalue weighted by atomic mass is 9.97. The minimum Gasteiger partial charge on any atom is -0.462 e. The molecule has 4 rings (SSSR count). The second-order valence-electron chi connectivity index (χ2n) is 9.62. The monoisotopic (exact) mass is 508 g/mol. The molecule has 2 aliphatic rings. The van der Waals surface area contributed by atoms with Crippen LogP contribution in [-0.2, 0) is 9.47 Å². The fourth-order valence-electron chi connectivity index (χ4n) is 4.63. The Morgan fingerprint density at radius 2 is 1.70 bits per heavy atom. The molecule has 2 fully saturated rings. The first-order valence-electron chi connectivity index (χ1n) is 13.1. The van der Waals surface area contributed by atoms with E-state index in [-0.39, 0.29) is 12.0 Å². The van der Waals surface area contributed by atoms with Gasteiger partial charge >= 0.3 is 12.0 Å². The van der Waals surface area contributed by atoms with E-state index in [9.17, 15) is 14.4 Å². The fraction of sp³-hybridized carbons (Fsp3) is 0.464. The van der Waals surface area contributed by atoms with Crippen molar-refractivity contribution in [2.75, 3.05) is 48.4 Å². The van der Waals surface area contributed by atoms with E-state index < -0.39 is 12.0 Å². The van der Waals surface area contributed by atoms with Gasteiger partial charge in [0.15, 0.2) is 0 Å². The Balaban J connectivity index is 1.44. The number of hydrogen-bond acceptors (Lipinski definition) is 6. The van der Waals surface area contributed by atoms with Gasteiger partial charge < -0.3 is 30.3 Å². The zero-order valence-electron chi connectivity index (χ0n) is 21.5. The third kappa shape index (κ3) is 7.22. The van der Waals surface area contributed by atoms with Gasteiger partial charge in [-0.2, -0.15) is 0 Å². The summed E-state index contributed by atoms with van der Waals surface area (Å²) in [6.07, 6.45) is 4.16. The molecule has 2 heterocycles. The van der Waals surface area contributed by atoms with Crippen LogP contribution in [0, 0.1) is 5.92 Å². The summed E-state index contributed by atoms with van der Waals surface area (Å²) in [4.78, 5) is 40.0. The summed E-state index contributed by atoms with van der Waals surface area (Å²) in [5.74, 6) is 0.0822. The molecule has 1 atom stereocenters. The minimum atomic E-state index is -0.450. The number of carbonyl (C=O) groups is 3. The van der Waals surface area contributed by atoms with Gasteiger partial charge in [-0.05, 0) is 81.0 Å². The number of carbonyl (C=O) groups excluding carboxylic acids is 3. The first kappa shape index (κ1) is 26.5. The average molecular weight is 509 g/mol. The normalized spacial score (nSPS) is 17.8. The molecule has 2 aromatic carbocycles. The van der Waals surface area contributed by atoms with E-state index in [0.717, 1.165) is 51.1 Å². The predicted molar refractivity (Wildman–Crippen MR) is 143 cm³/mol. The predicted octanol–water partition coefficient (Wildman–Crippen LogP) is 4.65. The summed E-state index contributed by atoms with van der Waals surface area (Å²) in [6.45, 7) is 7.28. The second kappa shape index (κ2) is 12.6. The Bertz CT molecular complexity index is 1090. The van der Waals surface area contributed by atoms with Crippen molar-refractivity contribution in [1.29, 1.82) is 0 Å². The van der Waals surface area contributed by atoms with Crippen molar-refractivity contribution in [2.24, 2.45) is 5.92 Å². The van der Waals surface area contributed by atoms with Crippen LogP contribution in [0.2, 0.25) is 0 Å². The highest BCUT2D eigenvalue weighted by molar-refractivity contribution is 6.04. The number of nitrogens with one attached hydrogen (secondary N) is 3. The highest BCUT2D eigenvalue weighted by Crippen LogP contribution is 2.29. The third-order valence-electron chi connectivity index (χ3n) is 6.79. The average Bonchev–Trinajstić information content (AvgIpc) is 3.42. The number of ether oxygens (including phenoxy) is 2. The lowest BCUT2D eigenvalue weighted by molar-refractivity contribution is 0.0526. The maximum absolute atomic E-state index is 13.2. The van der Waals surface area contributed by atoms with Crippen LogP contribution >= 0.6 is 0 Å². The fourth-order valence-corrected chi connectivity index (χ4v) is 4.63. The van der Waals surface area contributed by atoms with Crippen LogP contribution in [0.5, 0.6) is 0 Å². The molecule has 3 amide bonds. The van der Waals surface area contributed by atoms with Crippen LogP contribution in [0.1, 0.15) is 60.2 Å². The number of amides is 3. The van der Waals surface area contributed by atoms with E-state index in [1.807, 2.05) is 12.1 Å². The molecule has 1 unspecified atom stereocenters. The summed E-state index contributed by atoms with van der Waals surface area (Å²) in [7, 11) is 0. The highest BCUT2D eigenvalue weighted by atomic mass is 16.5. The van der Waals surface area contributed by atoms with Gasteiger partial charge in [0, 0.05) is 43.3 Å². The largest absolute Gasteiger partial charge is 0.462 e. The van der Waals surface area contributed by atoms with E-state index in [2.05, 4.69) is 27.8 Å². The molecule has 2 saturated heterocycles. The van der Waals surface area contributed by atoms with Gasteiger partial charge in [-0.1, -0.05) is 6.92 Å². The van der Waals surface area contributed by atoms with Crippen molar-refractivity contribution in [3.05, 3.63) is 53.6 Å². The lowest BCUT2D eigenvalue weighted by Crippen LogP contribution is -2.36. The van der Waals surface area contributed by atoms with Crippen LogP contribution in [-0.4, -0.2) is 56.9 Å². The SMILES string of the molecule is CCOC(=O)c1ccc(NC(=O)Nc2ccc(N3CCC(C)CC3)c(C(=O)NCC3CCCO3)c2)cc1. The van der Waals surface area contributed by atoms with Crippen molar-refractivity contribution >= 4 is 35.0 Å². The Hall–Kier alpha value is -3.59. The van der Waals surface area contributed by atoms with Crippen molar-refractivity contribution in [3.63, 3.8) is 0 Å². The summed E-state index contributed by atoms with van der Waals surface area (Å²) >= 11 is 0. The van der Waals surface area contributed by atoms with Gasteiger partial charge in [0.25, 0.3) is 5.91 Å². The number of piperidine rings is 1. The molecule has 37 heavy (non-hydrogen) atoms. The summed E-state index contributed by atoms with van der Waals surface area (Å²) in [5.41, 5.74) is 2.85. The topological polar surface area (TPSA) is 109 Å². The van der Waals surface area contributed by atoms with Crippen molar-refractivity contribution < 1.29 is 23.9 Å². The number of benzene rings is 2. The number of anilines is 3. The van der Waals surface area contributed by atoms with E-state index in [0.29, 0.717) is 41.6 Å². The molecular weight excluding hydrogens is 472 g/mol. The summed E-state index contributed by atoms with van der Waals surface area (Å²) < 4.78 is 10.6. The van der Waals surface area contributed by atoms with Gasteiger partial charge in [0.2, 0.25) is 0 Å². The van der Waals surface area contributed by atoms with Gasteiger partial charge in [-0.3, -0.25) is 4.79 Å². The molecule has 3 N–H and O–H groups in total. The molecular formula is C28H36N4O5. The standard InChI is InChI=1S/C28H36N4O5/c1-3-36-27(34)20-6-8-21(9-7-20)30-28(35)31-22-10-11-25(32-14-12-19(2)13-15-32)24(17-22)26(33)29-18-23-5-4-16-37-23/h6-11,17,19,23H,3-5,12-16,18H2,1-2H3,(H,29,33)(H2,30,31,35). The molecule has 9 heteroatoms. The molecule has 0 bridgehead atoms. The smallest absolute Gasteiger partial charge is 0.338 e. The van der Waals surface area contributed by atoms with E-state index in [4.69, 9.17) is 9.47 Å². The zero-order chi connectivity index (χ0) is 26.2. The van der Waals surface area contributed by atoms with E-state index >= 15 is 0 Å². The maximum Gasteiger partial charge on any atom is 0.338 e. The minimum absolute atomic E-state index is 0.0468. The summed E-state index contributed by atoms with van der Waals surface area (Å²) in [5, 5.41) is 8.58. The van der Waals surface area contributed by atoms with Crippen LogP contribution in [0.4, 0.5) is 21.9 Å². The van der Waals surface area contributed by atoms with E-state index in [1.54, 1.807) is 37.3 Å². The van der Waals surface area contributed by atoms with Gasteiger partial charge in [-0.25, -0.2) is 9.59 Å². The van der Waals surface area contributed by atoms with Gasteiger partial charge in [-0.15, -0.1) is 0 Å². The number of hydrogen-bond donors (Lipinski definition) is 3. The van der Waals surface area contributed by atoms with Gasteiger partial charge in [0.05, 0.1) is 23.8 Å². The molecule has 9 nitrogen and oxygen atoms in total. The zero-order valence-corrected chi connectivity index (χ0v) is 21.5. The Kier molecular flexibility index (Phi) is 9.00. The molecule has 0 spiro atoms. The molecule has 2 aromatic rings. The first-order valence-corrected chi connectivity index (χ1v) is 13.1. The second-order valence-corrected chi connectivity index (χ2v) is 9.62. The number of rotatable bonds is 8. The van der Waals surface area contributed by atoms with Crippen molar-refractivity contribution in [2.45, 2.75) is 45.6 Å². The first-order chi connectivity index (χ1) is 17.9. The van der Waals surface area contributed by atoms with Crippen LogP contribution < -0.4 is 20.9 Å². The Morgan fingerprint density at radius 1 is 1.00 bits per heavy atom. The third-order valence-corrected chi connectivity index (χ3v) is 6.79. The van der Waals surface area contributed by atoms with E-state index in [1.165, 1.54) is 0 Å². The number of nitrogens with zero attached hydrogens (tertiary/aromatic N) is 1. The van der Waals surface area contributed by atoms with Crippen LogP contribution in [0.15, 0.2) is 42.5 Å². The Labute approximate surface area is 217 Å². The van der Waals surface area contributed by atoms with Crippen LogP contribution in [0.25, 0.3) is 0 Å². The molecule has 0 aliphatic carbocycles. The summed E-state index contributed by atoms with van der Waals surface area (Å²) in [6, 6.07) is 11.5.